The van der Waals surface area contributed by atoms with E-state index in [-0.39, 0.29) is 12.3 Å². The normalized spacial score (nSPS) is 22.7. The second kappa shape index (κ2) is 5.21. The fourth-order valence-electron chi connectivity index (χ4n) is 2.45. The van der Waals surface area contributed by atoms with Crippen LogP contribution in [0.2, 0.25) is 0 Å². The van der Waals surface area contributed by atoms with Gasteiger partial charge in [-0.1, -0.05) is 15.9 Å². The number of aliphatic carboxylic acids is 1. The minimum Gasteiger partial charge on any atom is -0.496 e. The van der Waals surface area contributed by atoms with Crippen molar-refractivity contribution in [2.45, 2.75) is 12.5 Å². The number of carbonyl (C=O) groups is 2. The highest BCUT2D eigenvalue weighted by atomic mass is 79.9. The van der Waals surface area contributed by atoms with E-state index < -0.39 is 17.9 Å². The molecular weight excluding hydrogens is 314 g/mol. The first-order valence-electron chi connectivity index (χ1n) is 5.77. The minimum absolute atomic E-state index is 0.0200. The zero-order chi connectivity index (χ0) is 14.2. The van der Waals surface area contributed by atoms with Gasteiger partial charge in [-0.3, -0.25) is 9.59 Å². The van der Waals surface area contributed by atoms with E-state index in [1.165, 1.54) is 12.0 Å². The van der Waals surface area contributed by atoms with E-state index in [1.807, 2.05) is 6.07 Å². The van der Waals surface area contributed by atoms with Crippen molar-refractivity contribution in [1.82, 2.24) is 4.90 Å². The number of rotatable bonds is 3. The third kappa shape index (κ3) is 2.45. The number of carbonyl (C=O) groups excluding carboxylic acids is 1. The van der Waals surface area contributed by atoms with Gasteiger partial charge in [0.1, 0.15) is 5.75 Å². The van der Waals surface area contributed by atoms with Crippen molar-refractivity contribution in [3.05, 3.63) is 28.2 Å². The molecule has 5 nitrogen and oxygen atoms in total. The zero-order valence-electron chi connectivity index (χ0n) is 10.6. The SMILES string of the molecule is COc1ccc(Br)cc1C1C(C(=O)O)CC(=O)N1C. The van der Waals surface area contributed by atoms with Crippen molar-refractivity contribution in [2.24, 2.45) is 5.92 Å². The van der Waals surface area contributed by atoms with Crippen molar-refractivity contribution < 1.29 is 19.4 Å². The number of nitrogens with zero attached hydrogens (tertiary/aromatic N) is 1. The van der Waals surface area contributed by atoms with Crippen LogP contribution < -0.4 is 4.74 Å². The lowest BCUT2D eigenvalue weighted by Gasteiger charge is -2.25. The molecule has 102 valence electrons. The van der Waals surface area contributed by atoms with E-state index >= 15 is 0 Å². The topological polar surface area (TPSA) is 66.8 Å². The van der Waals surface area contributed by atoms with E-state index in [0.717, 1.165) is 4.47 Å². The second-order valence-electron chi connectivity index (χ2n) is 4.48. The highest BCUT2D eigenvalue weighted by molar-refractivity contribution is 9.10. The molecule has 6 heteroatoms. The third-order valence-corrected chi connectivity index (χ3v) is 3.91. The highest BCUT2D eigenvalue weighted by Crippen LogP contribution is 2.41. The first kappa shape index (κ1) is 13.9. The lowest BCUT2D eigenvalue weighted by Crippen LogP contribution is -2.27. The van der Waals surface area contributed by atoms with E-state index in [9.17, 15) is 14.7 Å². The molecule has 1 N–H and O–H groups in total. The van der Waals surface area contributed by atoms with E-state index in [1.54, 1.807) is 19.2 Å². The Labute approximate surface area is 119 Å². The van der Waals surface area contributed by atoms with Crippen molar-refractivity contribution in [3.63, 3.8) is 0 Å². The van der Waals surface area contributed by atoms with Gasteiger partial charge in [-0.05, 0) is 18.2 Å². The Hall–Kier alpha value is -1.56. The van der Waals surface area contributed by atoms with Crippen LogP contribution in [0.15, 0.2) is 22.7 Å². The molecule has 0 aliphatic carbocycles. The molecule has 1 aromatic rings. The quantitative estimate of drug-likeness (QED) is 0.922. The van der Waals surface area contributed by atoms with Crippen molar-refractivity contribution >= 4 is 27.8 Å². The maximum absolute atomic E-state index is 11.8. The molecule has 0 radical (unpaired) electrons. The summed E-state index contributed by atoms with van der Waals surface area (Å²) in [5.41, 5.74) is 0.706. The second-order valence-corrected chi connectivity index (χ2v) is 5.40. The predicted octanol–water partition coefficient (Wildman–Crippen LogP) is 2.06. The van der Waals surface area contributed by atoms with Crippen LogP contribution in [-0.4, -0.2) is 36.0 Å². The Morgan fingerprint density at radius 3 is 2.79 bits per heavy atom. The lowest BCUT2D eigenvalue weighted by atomic mass is 9.93. The van der Waals surface area contributed by atoms with Crippen LogP contribution in [0, 0.1) is 5.92 Å². The number of benzene rings is 1. The van der Waals surface area contributed by atoms with Gasteiger partial charge < -0.3 is 14.7 Å². The Bertz CT molecular complexity index is 531. The fourth-order valence-corrected chi connectivity index (χ4v) is 2.83. The molecule has 1 aliphatic heterocycles. The van der Waals surface area contributed by atoms with E-state index in [2.05, 4.69) is 15.9 Å². The van der Waals surface area contributed by atoms with Gasteiger partial charge >= 0.3 is 5.97 Å². The molecule has 1 fully saturated rings. The molecule has 1 heterocycles. The summed E-state index contributed by atoms with van der Waals surface area (Å²) in [5, 5.41) is 9.28. The van der Waals surface area contributed by atoms with Crippen LogP contribution in [0.3, 0.4) is 0 Å². The average molecular weight is 328 g/mol. The number of halogens is 1. The molecule has 0 bridgehead atoms. The van der Waals surface area contributed by atoms with E-state index in [4.69, 9.17) is 4.74 Å². The summed E-state index contributed by atoms with van der Waals surface area (Å²) in [7, 11) is 3.15. The third-order valence-electron chi connectivity index (χ3n) is 3.41. The summed E-state index contributed by atoms with van der Waals surface area (Å²) < 4.78 is 6.09. The molecule has 1 saturated heterocycles. The number of ether oxygens (including phenoxy) is 1. The van der Waals surface area contributed by atoms with Crippen LogP contribution >= 0.6 is 15.9 Å². The van der Waals surface area contributed by atoms with Gasteiger partial charge in [0, 0.05) is 23.5 Å². The molecule has 19 heavy (non-hydrogen) atoms. The van der Waals surface area contributed by atoms with Crippen molar-refractivity contribution in [1.29, 1.82) is 0 Å². The molecule has 0 aromatic heterocycles. The van der Waals surface area contributed by atoms with Gasteiger partial charge in [0.2, 0.25) is 5.91 Å². The monoisotopic (exact) mass is 327 g/mol. The van der Waals surface area contributed by atoms with Crippen molar-refractivity contribution in [3.8, 4) is 5.75 Å². The van der Waals surface area contributed by atoms with Crippen LogP contribution in [0.4, 0.5) is 0 Å². The van der Waals surface area contributed by atoms with E-state index in [0.29, 0.717) is 11.3 Å². The Kier molecular flexibility index (Phi) is 3.80. The van der Waals surface area contributed by atoms with Gasteiger partial charge in [-0.25, -0.2) is 0 Å². The molecule has 1 aromatic carbocycles. The largest absolute Gasteiger partial charge is 0.496 e. The molecular formula is C13H14BrNO4. The van der Waals surface area contributed by atoms with Crippen LogP contribution in [0.5, 0.6) is 5.75 Å². The molecule has 1 aliphatic rings. The Morgan fingerprint density at radius 2 is 2.21 bits per heavy atom. The smallest absolute Gasteiger partial charge is 0.309 e. The summed E-state index contributed by atoms with van der Waals surface area (Å²) in [5.74, 6) is -1.30. The number of carboxylic acids is 1. The molecule has 2 atom stereocenters. The highest BCUT2D eigenvalue weighted by Gasteiger charge is 2.44. The van der Waals surface area contributed by atoms with Crippen LogP contribution in [0.1, 0.15) is 18.0 Å². The molecule has 1 amide bonds. The maximum atomic E-state index is 11.8. The standard InChI is InChI=1S/C13H14BrNO4/c1-15-11(16)6-9(13(17)18)12(15)8-5-7(14)3-4-10(8)19-2/h3-5,9,12H,6H2,1-2H3,(H,17,18). The van der Waals surface area contributed by atoms with Gasteiger partial charge in [0.05, 0.1) is 19.1 Å². The maximum Gasteiger partial charge on any atom is 0.309 e. The van der Waals surface area contributed by atoms with Gasteiger partial charge in [0.25, 0.3) is 0 Å². The number of methoxy groups -OCH3 is 1. The fraction of sp³-hybridized carbons (Fsp3) is 0.385. The molecule has 0 saturated carbocycles. The summed E-state index contributed by atoms with van der Waals surface area (Å²) in [6, 6.07) is 4.87. The van der Waals surface area contributed by atoms with Gasteiger partial charge in [0.15, 0.2) is 0 Å². The Balaban J connectivity index is 2.51. The van der Waals surface area contributed by atoms with Crippen molar-refractivity contribution in [2.75, 3.05) is 14.2 Å². The first-order chi connectivity index (χ1) is 8.95. The summed E-state index contributed by atoms with van der Waals surface area (Å²) in [6.45, 7) is 0. The number of carboxylic acid groups (broad SMARTS) is 1. The predicted molar refractivity (Wildman–Crippen MR) is 71.9 cm³/mol. The van der Waals surface area contributed by atoms with Crippen LogP contribution in [0.25, 0.3) is 0 Å². The Morgan fingerprint density at radius 1 is 1.53 bits per heavy atom. The molecule has 2 unspecified atom stereocenters. The van der Waals surface area contributed by atoms with Crippen LogP contribution in [-0.2, 0) is 9.59 Å². The first-order valence-corrected chi connectivity index (χ1v) is 6.57. The summed E-state index contributed by atoms with van der Waals surface area (Å²) >= 11 is 3.36. The molecule has 2 rings (SSSR count). The average Bonchev–Trinajstić information content (AvgIpc) is 2.66. The number of amides is 1. The lowest BCUT2D eigenvalue weighted by molar-refractivity contribution is -0.142. The number of likely N-dealkylation sites (tertiary alicyclic amines) is 1. The van der Waals surface area contributed by atoms with Gasteiger partial charge in [-0.15, -0.1) is 0 Å². The number of hydrogen-bond donors (Lipinski definition) is 1. The van der Waals surface area contributed by atoms with Gasteiger partial charge in [-0.2, -0.15) is 0 Å². The molecule has 0 spiro atoms. The minimum atomic E-state index is -0.968. The number of hydrogen-bond acceptors (Lipinski definition) is 3. The summed E-state index contributed by atoms with van der Waals surface area (Å²) in [6.07, 6.45) is 0.0200. The zero-order valence-corrected chi connectivity index (χ0v) is 12.2. The summed E-state index contributed by atoms with van der Waals surface area (Å²) in [4.78, 5) is 24.6.